The van der Waals surface area contributed by atoms with E-state index in [1.54, 1.807) is 13.1 Å². The molecule has 0 heterocycles. The highest BCUT2D eigenvalue weighted by molar-refractivity contribution is 14.1. The Morgan fingerprint density at radius 2 is 1.89 bits per heavy atom. The van der Waals surface area contributed by atoms with Crippen molar-refractivity contribution in [1.82, 2.24) is 5.32 Å². The van der Waals surface area contributed by atoms with Crippen molar-refractivity contribution < 1.29 is 8.78 Å². The molecular weight excluding hydrogens is 383 g/mol. The first-order chi connectivity index (χ1) is 9.02. The molecule has 2 rings (SSSR count). The van der Waals surface area contributed by atoms with Crippen LogP contribution in [-0.4, -0.2) is 7.05 Å². The Morgan fingerprint density at radius 1 is 1.16 bits per heavy atom. The average Bonchev–Trinajstić information content (AvgIpc) is 2.38. The standard InChI is InChI=1S/C14H11ClF2IN/c1-19-14(8-2-5-13(18)11(15)6-8)10-7-9(16)3-4-12(10)17/h2-7,14,19H,1H3. The molecule has 0 aromatic heterocycles. The molecule has 1 atom stereocenters. The van der Waals surface area contributed by atoms with Crippen LogP contribution < -0.4 is 5.32 Å². The minimum Gasteiger partial charge on any atom is -0.309 e. The van der Waals surface area contributed by atoms with E-state index in [0.29, 0.717) is 5.02 Å². The van der Waals surface area contributed by atoms with Crippen LogP contribution in [-0.2, 0) is 0 Å². The Morgan fingerprint density at radius 3 is 2.53 bits per heavy atom. The predicted octanol–water partition coefficient (Wildman–Crippen LogP) is 4.53. The van der Waals surface area contributed by atoms with E-state index < -0.39 is 17.7 Å². The molecule has 2 aromatic carbocycles. The molecule has 1 nitrogen and oxygen atoms in total. The van der Waals surface area contributed by atoms with Gasteiger partial charge in [-0.05, 0) is 65.5 Å². The monoisotopic (exact) mass is 393 g/mol. The first-order valence-corrected chi connectivity index (χ1v) is 7.05. The lowest BCUT2D eigenvalue weighted by Crippen LogP contribution is -2.19. The highest BCUT2D eigenvalue weighted by atomic mass is 127. The van der Waals surface area contributed by atoms with E-state index in [-0.39, 0.29) is 5.56 Å². The molecule has 0 radical (unpaired) electrons. The van der Waals surface area contributed by atoms with Crippen molar-refractivity contribution in [3.63, 3.8) is 0 Å². The van der Waals surface area contributed by atoms with Gasteiger partial charge < -0.3 is 5.32 Å². The van der Waals surface area contributed by atoms with Crippen molar-refractivity contribution in [3.8, 4) is 0 Å². The van der Waals surface area contributed by atoms with Crippen molar-refractivity contribution in [1.29, 1.82) is 0 Å². The zero-order valence-electron chi connectivity index (χ0n) is 10.1. The van der Waals surface area contributed by atoms with Gasteiger partial charge in [-0.1, -0.05) is 17.7 Å². The van der Waals surface area contributed by atoms with Crippen molar-refractivity contribution in [2.45, 2.75) is 6.04 Å². The fourth-order valence-electron chi connectivity index (χ4n) is 1.93. The van der Waals surface area contributed by atoms with Gasteiger partial charge >= 0.3 is 0 Å². The van der Waals surface area contributed by atoms with Gasteiger partial charge in [0.15, 0.2) is 0 Å². The van der Waals surface area contributed by atoms with Gasteiger partial charge in [-0.25, -0.2) is 8.78 Å². The van der Waals surface area contributed by atoms with Crippen LogP contribution in [0.1, 0.15) is 17.2 Å². The fourth-order valence-corrected chi connectivity index (χ4v) is 2.45. The highest BCUT2D eigenvalue weighted by Crippen LogP contribution is 2.28. The van der Waals surface area contributed by atoms with E-state index in [1.165, 1.54) is 6.07 Å². The van der Waals surface area contributed by atoms with Crippen LogP contribution in [0.2, 0.25) is 5.02 Å². The van der Waals surface area contributed by atoms with E-state index in [2.05, 4.69) is 27.9 Å². The maximum atomic E-state index is 13.8. The Labute approximate surface area is 129 Å². The average molecular weight is 394 g/mol. The van der Waals surface area contributed by atoms with E-state index in [0.717, 1.165) is 21.3 Å². The van der Waals surface area contributed by atoms with E-state index in [1.807, 2.05) is 12.1 Å². The Hall–Kier alpha value is -0.720. The number of benzene rings is 2. The van der Waals surface area contributed by atoms with Gasteiger partial charge in [-0.3, -0.25) is 0 Å². The summed E-state index contributed by atoms with van der Waals surface area (Å²) in [4.78, 5) is 0. The van der Waals surface area contributed by atoms with Crippen molar-refractivity contribution >= 4 is 34.2 Å². The summed E-state index contributed by atoms with van der Waals surface area (Å²) in [7, 11) is 1.70. The second-order valence-corrected chi connectivity index (χ2v) is 5.63. The van der Waals surface area contributed by atoms with Crippen LogP contribution >= 0.6 is 34.2 Å². The van der Waals surface area contributed by atoms with Gasteiger partial charge in [0.05, 0.1) is 11.1 Å². The molecule has 2 aromatic rings. The van der Waals surface area contributed by atoms with Crippen molar-refractivity contribution in [2.75, 3.05) is 7.05 Å². The highest BCUT2D eigenvalue weighted by Gasteiger charge is 2.17. The smallest absolute Gasteiger partial charge is 0.128 e. The summed E-state index contributed by atoms with van der Waals surface area (Å²) in [5.41, 5.74) is 1.05. The fraction of sp³-hybridized carbons (Fsp3) is 0.143. The molecule has 0 aliphatic heterocycles. The van der Waals surface area contributed by atoms with Gasteiger partial charge in [0, 0.05) is 9.13 Å². The second-order valence-electron chi connectivity index (χ2n) is 4.06. The maximum Gasteiger partial charge on any atom is 0.128 e. The summed E-state index contributed by atoms with van der Waals surface area (Å²) in [6.45, 7) is 0. The molecule has 0 fully saturated rings. The molecule has 100 valence electrons. The van der Waals surface area contributed by atoms with Gasteiger partial charge in [0.2, 0.25) is 0 Å². The van der Waals surface area contributed by atoms with E-state index in [9.17, 15) is 8.78 Å². The summed E-state index contributed by atoms with van der Waals surface area (Å²) in [5, 5.41) is 3.57. The lowest BCUT2D eigenvalue weighted by Gasteiger charge is -2.18. The number of nitrogens with one attached hydrogen (secondary N) is 1. The summed E-state index contributed by atoms with van der Waals surface area (Å²) < 4.78 is 28.0. The third-order valence-electron chi connectivity index (χ3n) is 2.83. The van der Waals surface area contributed by atoms with Crippen molar-refractivity contribution in [2.24, 2.45) is 0 Å². The maximum absolute atomic E-state index is 13.8. The van der Waals surface area contributed by atoms with Crippen LogP contribution in [0, 0.1) is 15.2 Å². The molecular formula is C14H11ClF2IN. The molecule has 1 N–H and O–H groups in total. The number of halogens is 4. The van der Waals surface area contributed by atoms with Gasteiger partial charge in [-0.2, -0.15) is 0 Å². The Kier molecular flexibility index (Phi) is 4.76. The third kappa shape index (κ3) is 3.24. The topological polar surface area (TPSA) is 12.0 Å². The Bertz CT molecular complexity index is 604. The van der Waals surface area contributed by atoms with E-state index >= 15 is 0 Å². The minimum absolute atomic E-state index is 0.264. The quantitative estimate of drug-likeness (QED) is 0.756. The lowest BCUT2D eigenvalue weighted by atomic mass is 9.98. The summed E-state index contributed by atoms with van der Waals surface area (Å²) in [5.74, 6) is -0.913. The molecule has 0 aliphatic carbocycles. The van der Waals surface area contributed by atoms with Crippen LogP contribution in [0.5, 0.6) is 0 Å². The third-order valence-corrected chi connectivity index (χ3v) is 4.41. The van der Waals surface area contributed by atoms with Gasteiger partial charge in [0.1, 0.15) is 11.6 Å². The SMILES string of the molecule is CNC(c1ccc(I)c(Cl)c1)c1cc(F)ccc1F. The molecule has 0 spiro atoms. The molecule has 0 amide bonds. The van der Waals surface area contributed by atoms with Gasteiger partial charge in [-0.15, -0.1) is 0 Å². The summed E-state index contributed by atoms with van der Waals surface area (Å²) >= 11 is 8.19. The zero-order valence-corrected chi connectivity index (χ0v) is 13.0. The first kappa shape index (κ1) is 14.7. The molecule has 0 aliphatic rings. The predicted molar refractivity (Wildman–Crippen MR) is 81.4 cm³/mol. The zero-order chi connectivity index (χ0) is 14.0. The minimum atomic E-state index is -0.465. The Balaban J connectivity index is 2.49. The van der Waals surface area contributed by atoms with E-state index in [4.69, 9.17) is 11.6 Å². The lowest BCUT2D eigenvalue weighted by molar-refractivity contribution is 0.558. The van der Waals surface area contributed by atoms with Crippen LogP contribution in [0.25, 0.3) is 0 Å². The van der Waals surface area contributed by atoms with Gasteiger partial charge in [0.25, 0.3) is 0 Å². The molecule has 0 saturated heterocycles. The van der Waals surface area contributed by atoms with Crippen molar-refractivity contribution in [3.05, 3.63) is 67.8 Å². The summed E-state index contributed by atoms with van der Waals surface area (Å²) in [6.07, 6.45) is 0. The molecule has 0 bridgehead atoms. The number of hydrogen-bond acceptors (Lipinski definition) is 1. The number of hydrogen-bond donors (Lipinski definition) is 1. The largest absolute Gasteiger partial charge is 0.309 e. The molecule has 19 heavy (non-hydrogen) atoms. The first-order valence-electron chi connectivity index (χ1n) is 5.60. The van der Waals surface area contributed by atoms with Crippen LogP contribution in [0.4, 0.5) is 8.78 Å². The number of rotatable bonds is 3. The normalized spacial score (nSPS) is 12.5. The van der Waals surface area contributed by atoms with Crippen LogP contribution in [0.15, 0.2) is 36.4 Å². The second kappa shape index (κ2) is 6.15. The molecule has 0 saturated carbocycles. The molecule has 5 heteroatoms. The van der Waals surface area contributed by atoms with Crippen LogP contribution in [0.3, 0.4) is 0 Å². The molecule has 1 unspecified atom stereocenters. The summed E-state index contributed by atoms with van der Waals surface area (Å²) in [6, 6.07) is 8.44.